The van der Waals surface area contributed by atoms with Gasteiger partial charge in [-0.05, 0) is 0 Å². The highest BCUT2D eigenvalue weighted by Crippen LogP contribution is 2.17. The van der Waals surface area contributed by atoms with Crippen LogP contribution in [0.3, 0.4) is 0 Å². The summed E-state index contributed by atoms with van der Waals surface area (Å²) in [6.45, 7) is 0.567. The summed E-state index contributed by atoms with van der Waals surface area (Å²) < 4.78 is 4.70. The van der Waals surface area contributed by atoms with E-state index in [9.17, 15) is 4.79 Å². The Balaban J connectivity index is 2.32. The van der Waals surface area contributed by atoms with Gasteiger partial charge in [-0.3, -0.25) is 4.79 Å². The van der Waals surface area contributed by atoms with Crippen molar-refractivity contribution in [3.63, 3.8) is 0 Å². The van der Waals surface area contributed by atoms with Gasteiger partial charge in [-0.15, -0.1) is 11.6 Å². The van der Waals surface area contributed by atoms with E-state index in [0.717, 1.165) is 0 Å². The van der Waals surface area contributed by atoms with Crippen LogP contribution < -0.4 is 5.73 Å². The molecule has 1 heterocycles. The minimum Gasteiger partial charge on any atom is -0.371 e. The second-order valence-corrected chi connectivity index (χ2v) is 2.15. The van der Waals surface area contributed by atoms with Gasteiger partial charge in [0.1, 0.15) is 11.5 Å². The second kappa shape index (κ2) is 1.91. The van der Waals surface area contributed by atoms with Crippen molar-refractivity contribution in [2.75, 3.05) is 6.61 Å². The number of hydrogen-bond donors (Lipinski definition) is 1. The lowest BCUT2D eigenvalue weighted by Crippen LogP contribution is -2.27. The average molecular weight is 136 g/mol. The Morgan fingerprint density at radius 2 is 2.50 bits per heavy atom. The predicted octanol–water partition coefficient (Wildman–Crippen LogP) is -0.522. The summed E-state index contributed by atoms with van der Waals surface area (Å²) in [6.07, 6.45) is -0.117. The lowest BCUT2D eigenvalue weighted by atomic mass is 10.3. The average Bonchev–Trinajstić information content (AvgIpc) is 2.43. The van der Waals surface area contributed by atoms with Crippen molar-refractivity contribution in [3.8, 4) is 0 Å². The number of halogens is 1. The van der Waals surface area contributed by atoms with Crippen LogP contribution in [0.5, 0.6) is 0 Å². The first-order valence-corrected chi connectivity index (χ1v) is 2.70. The van der Waals surface area contributed by atoms with Gasteiger partial charge in [0.2, 0.25) is 5.91 Å². The van der Waals surface area contributed by atoms with Crippen LogP contribution in [0.2, 0.25) is 0 Å². The Hall–Kier alpha value is -0.280. The van der Waals surface area contributed by atoms with Crippen LogP contribution in [0.4, 0.5) is 0 Å². The molecule has 3 nitrogen and oxygen atoms in total. The molecule has 0 spiro atoms. The maximum Gasteiger partial charge on any atom is 0.238 e. The molecule has 0 aliphatic carbocycles. The number of amides is 1. The molecule has 0 unspecified atom stereocenters. The molecular weight excluding hydrogens is 130 g/mol. The minimum absolute atomic E-state index is 0.117. The Kier molecular flexibility index (Phi) is 1.40. The van der Waals surface area contributed by atoms with Crippen LogP contribution in [-0.2, 0) is 9.53 Å². The molecule has 4 heteroatoms. The van der Waals surface area contributed by atoms with Gasteiger partial charge in [-0.2, -0.15) is 0 Å². The highest BCUT2D eigenvalue weighted by molar-refractivity contribution is 6.31. The van der Waals surface area contributed by atoms with Gasteiger partial charge in [0.05, 0.1) is 6.61 Å². The molecule has 1 fully saturated rings. The molecule has 2 N–H and O–H groups in total. The quantitative estimate of drug-likeness (QED) is 0.409. The van der Waals surface area contributed by atoms with Crippen molar-refractivity contribution in [1.82, 2.24) is 0 Å². The number of epoxide rings is 1. The first-order valence-electron chi connectivity index (χ1n) is 2.27. The second-order valence-electron chi connectivity index (χ2n) is 1.68. The van der Waals surface area contributed by atoms with Gasteiger partial charge in [0.15, 0.2) is 0 Å². The van der Waals surface area contributed by atoms with Gasteiger partial charge in [0.25, 0.3) is 0 Å². The van der Waals surface area contributed by atoms with Gasteiger partial charge in [-0.1, -0.05) is 0 Å². The normalized spacial score (nSPS) is 29.4. The molecule has 46 valence electrons. The van der Waals surface area contributed by atoms with Crippen LogP contribution in [0.25, 0.3) is 0 Å². The molecule has 0 bridgehead atoms. The van der Waals surface area contributed by atoms with E-state index in [1.165, 1.54) is 0 Å². The highest BCUT2D eigenvalue weighted by Gasteiger charge is 2.34. The van der Waals surface area contributed by atoms with Gasteiger partial charge < -0.3 is 10.5 Å². The molecule has 0 aromatic rings. The van der Waals surface area contributed by atoms with Crippen molar-refractivity contribution >= 4 is 17.5 Å². The Morgan fingerprint density at radius 3 is 2.62 bits per heavy atom. The smallest absolute Gasteiger partial charge is 0.238 e. The van der Waals surface area contributed by atoms with E-state index in [0.29, 0.717) is 6.61 Å². The number of carbonyl (C=O) groups excluding carboxylic acids is 1. The van der Waals surface area contributed by atoms with Crippen LogP contribution in [0.1, 0.15) is 0 Å². The van der Waals surface area contributed by atoms with E-state index in [2.05, 4.69) is 0 Å². The molecule has 0 radical (unpaired) electrons. The van der Waals surface area contributed by atoms with E-state index in [1.54, 1.807) is 0 Å². The van der Waals surface area contributed by atoms with Crippen molar-refractivity contribution in [2.45, 2.75) is 11.5 Å². The first-order chi connectivity index (χ1) is 3.72. The van der Waals surface area contributed by atoms with Gasteiger partial charge in [0, 0.05) is 0 Å². The zero-order valence-electron chi connectivity index (χ0n) is 4.13. The summed E-state index contributed by atoms with van der Waals surface area (Å²) in [6, 6.07) is 0. The SMILES string of the molecule is NC(=O)[C@H](Cl)[C@@H]1CO1. The van der Waals surface area contributed by atoms with E-state index < -0.39 is 11.3 Å². The lowest BCUT2D eigenvalue weighted by Gasteiger charge is -1.95. The van der Waals surface area contributed by atoms with Crippen molar-refractivity contribution in [1.29, 1.82) is 0 Å². The van der Waals surface area contributed by atoms with E-state index in [-0.39, 0.29) is 6.10 Å². The molecule has 0 aromatic heterocycles. The summed E-state index contributed by atoms with van der Waals surface area (Å²) >= 11 is 5.41. The fourth-order valence-corrected chi connectivity index (χ4v) is 0.553. The molecule has 1 aliphatic rings. The minimum atomic E-state index is -0.630. The van der Waals surface area contributed by atoms with Crippen LogP contribution in [-0.4, -0.2) is 24.0 Å². The van der Waals surface area contributed by atoms with Crippen LogP contribution in [0, 0.1) is 0 Å². The van der Waals surface area contributed by atoms with E-state index >= 15 is 0 Å². The first kappa shape index (κ1) is 5.85. The molecule has 0 aromatic carbocycles. The standard InChI is InChI=1S/C4H6ClNO2/c5-3(4(6)7)2-1-8-2/h2-3H,1H2,(H2,6,7)/t2-,3+/m0/s1. The molecule has 1 amide bonds. The molecule has 2 atom stereocenters. The van der Waals surface area contributed by atoms with E-state index in [1.807, 2.05) is 0 Å². The summed E-state index contributed by atoms with van der Waals surface area (Å²) in [7, 11) is 0. The monoisotopic (exact) mass is 135 g/mol. The summed E-state index contributed by atoms with van der Waals surface area (Å²) in [5, 5.41) is -0.630. The maximum absolute atomic E-state index is 10.2. The fraction of sp³-hybridized carbons (Fsp3) is 0.750. The zero-order valence-corrected chi connectivity index (χ0v) is 4.89. The molecule has 8 heavy (non-hydrogen) atoms. The largest absolute Gasteiger partial charge is 0.371 e. The van der Waals surface area contributed by atoms with E-state index in [4.69, 9.17) is 22.1 Å². The van der Waals surface area contributed by atoms with Gasteiger partial charge >= 0.3 is 0 Å². The number of primary amides is 1. The number of ether oxygens (including phenoxy) is 1. The number of nitrogens with two attached hydrogens (primary N) is 1. The van der Waals surface area contributed by atoms with Gasteiger partial charge in [-0.25, -0.2) is 0 Å². The Bertz CT molecular complexity index is 113. The molecule has 0 saturated carbocycles. The molecule has 1 aliphatic heterocycles. The number of carbonyl (C=O) groups is 1. The summed E-state index contributed by atoms with van der Waals surface area (Å²) in [5.41, 5.74) is 4.83. The Labute approximate surface area is 51.7 Å². The Morgan fingerprint density at radius 1 is 2.00 bits per heavy atom. The molecular formula is C4H6ClNO2. The topological polar surface area (TPSA) is 55.6 Å². The van der Waals surface area contributed by atoms with Crippen molar-refractivity contribution < 1.29 is 9.53 Å². The van der Waals surface area contributed by atoms with Crippen molar-refractivity contribution in [2.24, 2.45) is 5.73 Å². The van der Waals surface area contributed by atoms with Crippen LogP contribution in [0.15, 0.2) is 0 Å². The highest BCUT2D eigenvalue weighted by atomic mass is 35.5. The number of rotatable bonds is 2. The summed E-state index contributed by atoms with van der Waals surface area (Å²) in [5.74, 6) is -0.505. The third-order valence-electron chi connectivity index (χ3n) is 0.957. The number of hydrogen-bond acceptors (Lipinski definition) is 2. The molecule has 1 saturated heterocycles. The predicted molar refractivity (Wildman–Crippen MR) is 28.6 cm³/mol. The third kappa shape index (κ3) is 1.11. The zero-order chi connectivity index (χ0) is 6.15. The lowest BCUT2D eigenvalue weighted by molar-refractivity contribution is -0.117. The maximum atomic E-state index is 10.2. The van der Waals surface area contributed by atoms with Crippen molar-refractivity contribution in [3.05, 3.63) is 0 Å². The number of alkyl halides is 1. The van der Waals surface area contributed by atoms with Crippen LogP contribution >= 0.6 is 11.6 Å². The third-order valence-corrected chi connectivity index (χ3v) is 1.45. The summed E-state index contributed by atoms with van der Waals surface area (Å²) in [4.78, 5) is 10.2. The fourth-order valence-electron chi connectivity index (χ4n) is 0.408. The molecule has 1 rings (SSSR count).